The van der Waals surface area contributed by atoms with Crippen LogP contribution < -0.4 is 11.5 Å². The lowest BCUT2D eigenvalue weighted by molar-refractivity contribution is 0.592. The predicted octanol–water partition coefficient (Wildman–Crippen LogP) is 4.39. The van der Waals surface area contributed by atoms with Crippen LogP contribution in [-0.2, 0) is 5.41 Å². The van der Waals surface area contributed by atoms with E-state index in [1.165, 1.54) is 0 Å². The monoisotopic (exact) mass is 312 g/mol. The Morgan fingerprint density at radius 2 is 1.61 bits per heavy atom. The van der Waals surface area contributed by atoms with E-state index in [1.54, 1.807) is 12.2 Å². The van der Waals surface area contributed by atoms with Gasteiger partial charge in [0.1, 0.15) is 0 Å². The quantitative estimate of drug-likeness (QED) is 0.456. The van der Waals surface area contributed by atoms with Gasteiger partial charge < -0.3 is 11.5 Å². The Morgan fingerprint density at radius 3 is 2.09 bits per heavy atom. The minimum absolute atomic E-state index is 0.0597. The molecule has 1 aromatic carbocycles. The van der Waals surface area contributed by atoms with Crippen LogP contribution in [0.4, 0.5) is 11.4 Å². The van der Waals surface area contributed by atoms with E-state index in [2.05, 4.69) is 26.8 Å². The molecule has 1 aliphatic carbocycles. The van der Waals surface area contributed by atoms with Gasteiger partial charge in [0.05, 0.1) is 22.8 Å². The highest BCUT2D eigenvalue weighted by molar-refractivity contribution is 6.49. The number of anilines is 2. The number of hydrogen-bond acceptors (Lipinski definition) is 4. The minimum Gasteiger partial charge on any atom is -0.397 e. The zero-order valence-electron chi connectivity index (χ0n) is 14.7. The third-order valence-corrected chi connectivity index (χ3v) is 3.66. The van der Waals surface area contributed by atoms with Crippen LogP contribution in [0.25, 0.3) is 0 Å². The van der Waals surface area contributed by atoms with Crippen molar-refractivity contribution in [2.75, 3.05) is 11.5 Å². The highest BCUT2D eigenvalue weighted by Gasteiger charge is 2.18. The molecule has 4 nitrogen and oxygen atoms in total. The van der Waals surface area contributed by atoms with Crippen LogP contribution in [0.15, 0.2) is 35.9 Å². The minimum atomic E-state index is 0.0597. The molecule has 0 saturated carbocycles. The number of nitrogens with one attached hydrogen (secondary N) is 2. The first-order valence-electron chi connectivity index (χ1n) is 7.78. The Balaban J connectivity index is 0.000000238. The first-order chi connectivity index (χ1) is 10.6. The van der Waals surface area contributed by atoms with Crippen molar-refractivity contribution in [3.63, 3.8) is 0 Å². The summed E-state index contributed by atoms with van der Waals surface area (Å²) in [6.07, 6.45) is 6.23. The van der Waals surface area contributed by atoms with Gasteiger partial charge in [0.2, 0.25) is 0 Å². The molecule has 23 heavy (non-hydrogen) atoms. The van der Waals surface area contributed by atoms with Crippen molar-refractivity contribution in [3.05, 3.63) is 47.1 Å². The van der Waals surface area contributed by atoms with Gasteiger partial charge in [-0.25, -0.2) is 0 Å². The molecule has 4 heteroatoms. The topological polar surface area (TPSA) is 99.7 Å². The van der Waals surface area contributed by atoms with Gasteiger partial charge in [-0.1, -0.05) is 39.8 Å². The summed E-state index contributed by atoms with van der Waals surface area (Å²) in [6.45, 7) is 10.5. The van der Waals surface area contributed by atoms with Crippen molar-refractivity contribution in [3.8, 4) is 0 Å². The molecule has 1 aliphatic rings. The van der Waals surface area contributed by atoms with Crippen LogP contribution in [-0.4, -0.2) is 11.4 Å². The van der Waals surface area contributed by atoms with Crippen LogP contribution in [0.5, 0.6) is 0 Å². The number of hydrogen-bond donors (Lipinski definition) is 4. The molecule has 6 N–H and O–H groups in total. The molecule has 0 saturated heterocycles. The lowest BCUT2D eigenvalue weighted by Crippen LogP contribution is -2.15. The molecule has 0 heterocycles. The average Bonchev–Trinajstić information content (AvgIpc) is 2.45. The smallest absolute Gasteiger partial charge is 0.0791 e. The molecule has 1 aromatic rings. The zero-order valence-corrected chi connectivity index (χ0v) is 14.7. The first-order valence-corrected chi connectivity index (χ1v) is 7.78. The lowest BCUT2D eigenvalue weighted by atomic mass is 9.84. The lowest BCUT2D eigenvalue weighted by Gasteiger charge is -2.22. The van der Waals surface area contributed by atoms with E-state index in [4.69, 9.17) is 22.3 Å². The third kappa shape index (κ3) is 5.09. The van der Waals surface area contributed by atoms with Crippen molar-refractivity contribution < 1.29 is 0 Å². The Labute approximate surface area is 139 Å². The molecule has 0 fully saturated rings. The average molecular weight is 312 g/mol. The van der Waals surface area contributed by atoms with Gasteiger partial charge in [-0.05, 0) is 53.7 Å². The third-order valence-electron chi connectivity index (χ3n) is 3.66. The van der Waals surface area contributed by atoms with E-state index in [0.717, 1.165) is 28.8 Å². The standard InChI is InChI=1S/C11H18N2.C8H10N2/c1-7-5-8(11(2,3)4)10(13)9(12)6-7;1-2-6-3-4-7(9)8(10)5-6/h5-6H,12-13H2,1-4H3;3-5,9-10H,2H2,1H3. The van der Waals surface area contributed by atoms with E-state index in [0.29, 0.717) is 17.1 Å². The molecular weight excluding hydrogens is 284 g/mol. The van der Waals surface area contributed by atoms with E-state index in [9.17, 15) is 0 Å². The summed E-state index contributed by atoms with van der Waals surface area (Å²) in [7, 11) is 0. The van der Waals surface area contributed by atoms with Crippen LogP contribution in [0.2, 0.25) is 0 Å². The maximum Gasteiger partial charge on any atom is 0.0791 e. The largest absolute Gasteiger partial charge is 0.397 e. The van der Waals surface area contributed by atoms with Crippen LogP contribution >= 0.6 is 0 Å². The molecule has 0 atom stereocenters. The molecule has 2 rings (SSSR count). The predicted molar refractivity (Wildman–Crippen MR) is 102 cm³/mol. The van der Waals surface area contributed by atoms with Crippen molar-refractivity contribution in [2.24, 2.45) is 0 Å². The number of nitrogens with two attached hydrogens (primary N) is 2. The highest BCUT2D eigenvalue weighted by atomic mass is 14.7. The van der Waals surface area contributed by atoms with Crippen molar-refractivity contribution in [2.45, 2.75) is 46.5 Å². The Kier molecular flexibility index (Phi) is 5.91. The van der Waals surface area contributed by atoms with Crippen LogP contribution in [0.1, 0.15) is 45.2 Å². The highest BCUT2D eigenvalue weighted by Crippen LogP contribution is 2.32. The Bertz CT molecular complexity index is 673. The van der Waals surface area contributed by atoms with Gasteiger partial charge in [-0.15, -0.1) is 0 Å². The second-order valence-corrected chi connectivity index (χ2v) is 6.80. The van der Waals surface area contributed by atoms with Gasteiger partial charge in [-0.3, -0.25) is 10.8 Å². The zero-order chi connectivity index (χ0) is 17.8. The molecule has 124 valence electrons. The number of allylic oxidation sites excluding steroid dienone is 4. The SMILES string of the molecule is CCC1=CC(=N)C(=N)C=C1.Cc1cc(N)c(N)c(C(C)(C)C)c1. The fourth-order valence-electron chi connectivity index (χ4n) is 2.26. The second-order valence-electron chi connectivity index (χ2n) is 6.80. The van der Waals surface area contributed by atoms with E-state index >= 15 is 0 Å². The molecule has 0 unspecified atom stereocenters. The summed E-state index contributed by atoms with van der Waals surface area (Å²) >= 11 is 0. The number of benzene rings is 1. The number of aryl methyl sites for hydroxylation is 1. The summed E-state index contributed by atoms with van der Waals surface area (Å²) in [6, 6.07) is 4.01. The van der Waals surface area contributed by atoms with E-state index in [1.807, 2.05) is 26.0 Å². The molecule has 0 amide bonds. The summed E-state index contributed by atoms with van der Waals surface area (Å²) < 4.78 is 0. The second kappa shape index (κ2) is 7.27. The van der Waals surface area contributed by atoms with Gasteiger partial charge in [0.25, 0.3) is 0 Å². The molecule has 0 aliphatic heterocycles. The summed E-state index contributed by atoms with van der Waals surface area (Å²) in [4.78, 5) is 0. The fourth-order valence-corrected chi connectivity index (χ4v) is 2.26. The molecule has 0 bridgehead atoms. The van der Waals surface area contributed by atoms with Gasteiger partial charge in [0, 0.05) is 0 Å². The fraction of sp³-hybridized carbons (Fsp3) is 0.368. The number of rotatable bonds is 1. The molecular formula is C19H28N4. The normalized spacial score (nSPS) is 14.2. The molecule has 0 spiro atoms. The van der Waals surface area contributed by atoms with Crippen molar-refractivity contribution in [1.82, 2.24) is 0 Å². The maximum atomic E-state index is 7.28. The van der Waals surface area contributed by atoms with Crippen molar-refractivity contribution >= 4 is 22.8 Å². The molecule has 0 radical (unpaired) electrons. The first kappa shape index (κ1) is 18.7. The summed E-state index contributed by atoms with van der Waals surface area (Å²) in [5.74, 6) is 0. The van der Waals surface area contributed by atoms with Crippen molar-refractivity contribution in [1.29, 1.82) is 10.8 Å². The summed E-state index contributed by atoms with van der Waals surface area (Å²) in [5.41, 5.74) is 17.2. The Hall–Kier alpha value is -2.36. The van der Waals surface area contributed by atoms with Gasteiger partial charge in [-0.2, -0.15) is 0 Å². The number of nitrogen functional groups attached to an aromatic ring is 2. The van der Waals surface area contributed by atoms with Gasteiger partial charge >= 0.3 is 0 Å². The van der Waals surface area contributed by atoms with E-state index < -0.39 is 0 Å². The summed E-state index contributed by atoms with van der Waals surface area (Å²) in [5, 5.41) is 14.5. The Morgan fingerprint density at radius 1 is 1.00 bits per heavy atom. The van der Waals surface area contributed by atoms with E-state index in [-0.39, 0.29) is 5.41 Å². The van der Waals surface area contributed by atoms with Crippen LogP contribution in [0, 0.1) is 17.7 Å². The van der Waals surface area contributed by atoms with Crippen LogP contribution in [0.3, 0.4) is 0 Å². The maximum absolute atomic E-state index is 7.28. The molecule has 0 aromatic heterocycles. The van der Waals surface area contributed by atoms with Gasteiger partial charge in [0.15, 0.2) is 0 Å².